The number of sulfonamides is 1. The SMILES string of the molecule is Cn1c(=O)oc2cc(S(=O)(=O)N3CCC[C@H](C(=O)Nc4cccc(C(=O)O)c4)C3)ccc21. The molecule has 0 saturated carbocycles. The minimum Gasteiger partial charge on any atom is -0.478 e. The summed E-state index contributed by atoms with van der Waals surface area (Å²) in [5.41, 5.74) is 1.02. The van der Waals surface area contributed by atoms with E-state index < -0.39 is 27.7 Å². The van der Waals surface area contributed by atoms with Crippen molar-refractivity contribution in [3.8, 4) is 0 Å². The smallest absolute Gasteiger partial charge is 0.419 e. The third-order valence-electron chi connectivity index (χ3n) is 5.53. The van der Waals surface area contributed by atoms with Gasteiger partial charge in [0.2, 0.25) is 15.9 Å². The van der Waals surface area contributed by atoms with Crippen molar-refractivity contribution in [1.82, 2.24) is 8.87 Å². The quantitative estimate of drug-likeness (QED) is 0.594. The fourth-order valence-corrected chi connectivity index (χ4v) is 5.31. The van der Waals surface area contributed by atoms with Crippen LogP contribution in [-0.4, -0.2) is 47.4 Å². The zero-order valence-electron chi connectivity index (χ0n) is 17.1. The predicted octanol–water partition coefficient (Wildman–Crippen LogP) is 1.87. The lowest BCUT2D eigenvalue weighted by Crippen LogP contribution is -2.43. The third kappa shape index (κ3) is 4.04. The van der Waals surface area contributed by atoms with Crippen LogP contribution < -0.4 is 11.1 Å². The van der Waals surface area contributed by atoms with Crippen LogP contribution in [0, 0.1) is 5.92 Å². The Morgan fingerprint density at radius 1 is 1.19 bits per heavy atom. The Hall–Kier alpha value is -3.44. The number of hydrogen-bond acceptors (Lipinski definition) is 6. The van der Waals surface area contributed by atoms with Gasteiger partial charge in [-0.15, -0.1) is 0 Å². The number of aromatic carboxylic acids is 1. The molecule has 2 N–H and O–H groups in total. The maximum Gasteiger partial charge on any atom is 0.419 e. The minimum absolute atomic E-state index is 0.0104. The molecule has 1 aromatic heterocycles. The number of nitrogens with one attached hydrogen (secondary N) is 1. The number of anilines is 1. The lowest BCUT2D eigenvalue weighted by Gasteiger charge is -2.31. The van der Waals surface area contributed by atoms with Crippen molar-refractivity contribution in [3.63, 3.8) is 0 Å². The van der Waals surface area contributed by atoms with Gasteiger partial charge in [-0.3, -0.25) is 9.36 Å². The molecule has 168 valence electrons. The van der Waals surface area contributed by atoms with Crippen LogP contribution in [0.15, 0.2) is 56.6 Å². The summed E-state index contributed by atoms with van der Waals surface area (Å²) in [7, 11) is -2.38. The van der Waals surface area contributed by atoms with Crippen LogP contribution in [-0.2, 0) is 21.9 Å². The summed E-state index contributed by atoms with van der Waals surface area (Å²) < 4.78 is 34.0. The lowest BCUT2D eigenvalue weighted by molar-refractivity contribution is -0.120. The van der Waals surface area contributed by atoms with E-state index in [-0.39, 0.29) is 35.0 Å². The highest BCUT2D eigenvalue weighted by Crippen LogP contribution is 2.27. The lowest BCUT2D eigenvalue weighted by atomic mass is 9.98. The fraction of sp³-hybridized carbons (Fsp3) is 0.286. The molecule has 1 saturated heterocycles. The number of benzene rings is 2. The second-order valence-electron chi connectivity index (χ2n) is 7.63. The number of aromatic nitrogens is 1. The van der Waals surface area contributed by atoms with E-state index >= 15 is 0 Å². The van der Waals surface area contributed by atoms with Crippen LogP contribution in [0.5, 0.6) is 0 Å². The van der Waals surface area contributed by atoms with Gasteiger partial charge < -0.3 is 14.8 Å². The first kappa shape index (κ1) is 21.8. The molecule has 0 aliphatic carbocycles. The van der Waals surface area contributed by atoms with Crippen molar-refractivity contribution < 1.29 is 27.5 Å². The number of carbonyl (C=O) groups excluding carboxylic acids is 1. The van der Waals surface area contributed by atoms with E-state index in [1.807, 2.05) is 0 Å². The number of oxazole rings is 1. The van der Waals surface area contributed by atoms with E-state index in [0.717, 1.165) is 0 Å². The highest BCUT2D eigenvalue weighted by atomic mass is 32.2. The fourth-order valence-electron chi connectivity index (χ4n) is 3.77. The van der Waals surface area contributed by atoms with Crippen molar-refractivity contribution in [3.05, 3.63) is 58.6 Å². The molecular formula is C21H21N3O7S. The Balaban J connectivity index is 1.53. The monoisotopic (exact) mass is 459 g/mol. The number of carboxylic acid groups (broad SMARTS) is 1. The molecule has 11 heteroatoms. The van der Waals surface area contributed by atoms with E-state index in [0.29, 0.717) is 24.0 Å². The summed E-state index contributed by atoms with van der Waals surface area (Å²) in [5, 5.41) is 11.8. The Labute approximate surface area is 183 Å². The van der Waals surface area contributed by atoms with Crippen molar-refractivity contribution >= 4 is 38.7 Å². The van der Waals surface area contributed by atoms with Gasteiger partial charge in [-0.2, -0.15) is 4.31 Å². The number of carbonyl (C=O) groups is 2. The molecule has 3 aromatic rings. The first-order chi connectivity index (χ1) is 15.2. The Morgan fingerprint density at radius 3 is 2.72 bits per heavy atom. The summed E-state index contributed by atoms with van der Waals surface area (Å²) in [4.78, 5) is 35.5. The highest BCUT2D eigenvalue weighted by Gasteiger charge is 2.33. The van der Waals surface area contributed by atoms with Gasteiger partial charge in [0.15, 0.2) is 5.58 Å². The number of hydrogen-bond donors (Lipinski definition) is 2. The predicted molar refractivity (Wildman–Crippen MR) is 115 cm³/mol. The largest absolute Gasteiger partial charge is 0.478 e. The zero-order valence-corrected chi connectivity index (χ0v) is 18.0. The maximum atomic E-state index is 13.2. The second kappa shape index (κ2) is 8.24. The first-order valence-electron chi connectivity index (χ1n) is 9.91. The number of aryl methyl sites for hydroxylation is 1. The van der Waals surface area contributed by atoms with Crippen LogP contribution in [0.4, 0.5) is 5.69 Å². The molecule has 10 nitrogen and oxygen atoms in total. The van der Waals surface area contributed by atoms with Gasteiger partial charge in [-0.05, 0) is 43.2 Å². The second-order valence-corrected chi connectivity index (χ2v) is 9.57. The van der Waals surface area contributed by atoms with Crippen molar-refractivity contribution in [2.24, 2.45) is 13.0 Å². The molecule has 1 aliphatic heterocycles. The number of fused-ring (bicyclic) bond motifs is 1. The van der Waals surface area contributed by atoms with Gasteiger partial charge in [-0.1, -0.05) is 6.07 Å². The molecule has 0 spiro atoms. The average molecular weight is 459 g/mol. The zero-order chi connectivity index (χ0) is 23.0. The minimum atomic E-state index is -3.91. The third-order valence-corrected chi connectivity index (χ3v) is 7.39. The normalized spacial score (nSPS) is 17.3. The molecule has 0 radical (unpaired) electrons. The molecular weight excluding hydrogens is 438 g/mol. The summed E-state index contributed by atoms with van der Waals surface area (Å²) >= 11 is 0. The molecule has 4 rings (SSSR count). The Bertz CT molecular complexity index is 1370. The van der Waals surface area contributed by atoms with Crippen LogP contribution in [0.2, 0.25) is 0 Å². The summed E-state index contributed by atoms with van der Waals surface area (Å²) in [5.74, 6) is -2.67. The van der Waals surface area contributed by atoms with Gasteiger partial charge in [0.1, 0.15) is 0 Å². The first-order valence-corrected chi connectivity index (χ1v) is 11.3. The number of nitrogens with zero attached hydrogens (tertiary/aromatic N) is 2. The maximum absolute atomic E-state index is 13.2. The van der Waals surface area contributed by atoms with E-state index in [2.05, 4.69) is 5.32 Å². The molecule has 1 atom stereocenters. The van der Waals surface area contributed by atoms with E-state index in [4.69, 9.17) is 9.52 Å². The number of piperidine rings is 1. The molecule has 1 aliphatic rings. The van der Waals surface area contributed by atoms with Gasteiger partial charge in [0.25, 0.3) is 0 Å². The molecule has 1 fully saturated rings. The molecule has 32 heavy (non-hydrogen) atoms. The average Bonchev–Trinajstić information content (AvgIpc) is 3.07. The molecule has 2 aromatic carbocycles. The molecule has 2 heterocycles. The van der Waals surface area contributed by atoms with Gasteiger partial charge in [0.05, 0.1) is 21.9 Å². The van der Waals surface area contributed by atoms with Crippen LogP contribution in [0.25, 0.3) is 11.1 Å². The summed E-state index contributed by atoms with van der Waals surface area (Å²) in [6, 6.07) is 10.1. The number of amides is 1. The highest BCUT2D eigenvalue weighted by molar-refractivity contribution is 7.89. The van der Waals surface area contributed by atoms with Crippen LogP contribution in [0.1, 0.15) is 23.2 Å². The molecule has 0 bridgehead atoms. The summed E-state index contributed by atoms with van der Waals surface area (Å²) in [6.45, 7) is 0.251. The Morgan fingerprint density at radius 2 is 1.97 bits per heavy atom. The van der Waals surface area contributed by atoms with Gasteiger partial charge >= 0.3 is 11.7 Å². The topological polar surface area (TPSA) is 139 Å². The summed E-state index contributed by atoms with van der Waals surface area (Å²) in [6.07, 6.45) is 0.998. The standard InChI is InChI=1S/C21H21N3O7S/c1-23-17-8-7-16(11-18(17)31-21(23)28)32(29,30)24-9-3-5-14(12-24)19(25)22-15-6-2-4-13(10-15)20(26)27/h2,4,6-8,10-11,14H,3,5,9,12H2,1H3,(H,22,25)(H,26,27)/t14-/m0/s1. The van der Waals surface area contributed by atoms with Crippen molar-refractivity contribution in [2.45, 2.75) is 17.7 Å². The van der Waals surface area contributed by atoms with E-state index in [1.165, 1.54) is 52.3 Å². The van der Waals surface area contributed by atoms with Gasteiger partial charge in [-0.25, -0.2) is 18.0 Å². The number of rotatable bonds is 5. The van der Waals surface area contributed by atoms with Crippen LogP contribution in [0.3, 0.4) is 0 Å². The Kier molecular flexibility index (Phi) is 5.61. The van der Waals surface area contributed by atoms with Crippen molar-refractivity contribution in [1.29, 1.82) is 0 Å². The molecule has 0 unspecified atom stereocenters. The van der Waals surface area contributed by atoms with Crippen molar-refractivity contribution in [2.75, 3.05) is 18.4 Å². The number of carboxylic acids is 1. The van der Waals surface area contributed by atoms with E-state index in [1.54, 1.807) is 6.07 Å². The van der Waals surface area contributed by atoms with Crippen LogP contribution >= 0.6 is 0 Å². The van der Waals surface area contributed by atoms with E-state index in [9.17, 15) is 22.8 Å². The molecule has 1 amide bonds. The van der Waals surface area contributed by atoms with Gasteiger partial charge in [0, 0.05) is 31.9 Å².